The fraction of sp³-hybridized carbons (Fsp3) is 0.308. The molecule has 0 aliphatic rings. The van der Waals surface area contributed by atoms with Gasteiger partial charge in [0.05, 0.1) is 5.69 Å². The van der Waals surface area contributed by atoms with Crippen molar-refractivity contribution in [3.05, 3.63) is 40.2 Å². The maximum absolute atomic E-state index is 5.38. The number of nitrogens with one attached hydrogen (secondary N) is 1. The van der Waals surface area contributed by atoms with Gasteiger partial charge in [0.25, 0.3) is 5.22 Å². The molecule has 1 heterocycles. The molecule has 0 radical (unpaired) electrons. The molecule has 1 aromatic carbocycles. The van der Waals surface area contributed by atoms with Crippen molar-refractivity contribution >= 4 is 27.7 Å². The average Bonchev–Trinajstić information content (AvgIpc) is 2.75. The first-order chi connectivity index (χ1) is 8.69. The Balaban J connectivity index is 2.20. The molecule has 3 nitrogen and oxygen atoms in total. The highest BCUT2D eigenvalue weighted by molar-refractivity contribution is 9.10. The summed E-state index contributed by atoms with van der Waals surface area (Å²) in [6.07, 6.45) is 1.67. The lowest BCUT2D eigenvalue weighted by molar-refractivity contribution is 0.454. The minimum atomic E-state index is 0.688. The number of nitrogens with zero attached hydrogens (tertiary/aromatic N) is 1. The van der Waals surface area contributed by atoms with Gasteiger partial charge in [-0.15, -0.1) is 0 Å². The zero-order valence-corrected chi connectivity index (χ0v) is 12.8. The number of oxazole rings is 1. The second kappa shape index (κ2) is 6.41. The first kappa shape index (κ1) is 13.6. The lowest BCUT2D eigenvalue weighted by Gasteiger charge is -2.08. The van der Waals surface area contributed by atoms with E-state index in [1.165, 1.54) is 10.5 Å². The molecule has 18 heavy (non-hydrogen) atoms. The number of hydrogen-bond donors (Lipinski definition) is 1. The topological polar surface area (TPSA) is 38.1 Å². The summed E-state index contributed by atoms with van der Waals surface area (Å²) >= 11 is 5.06. The molecule has 2 rings (SSSR count). The van der Waals surface area contributed by atoms with Crippen LogP contribution in [0.5, 0.6) is 0 Å². The second-order valence-electron chi connectivity index (χ2n) is 3.89. The van der Waals surface area contributed by atoms with Gasteiger partial charge in [0.15, 0.2) is 0 Å². The molecular weight excluding hydrogens is 312 g/mol. The van der Waals surface area contributed by atoms with Crippen LogP contribution in [-0.2, 0) is 6.54 Å². The highest BCUT2D eigenvalue weighted by Crippen LogP contribution is 2.31. The Bertz CT molecular complexity index is 527. The largest absolute Gasteiger partial charge is 0.439 e. The maximum Gasteiger partial charge on any atom is 0.260 e. The number of aromatic nitrogens is 1. The summed E-state index contributed by atoms with van der Waals surface area (Å²) in [7, 11) is 0. The molecule has 1 N–H and O–H groups in total. The van der Waals surface area contributed by atoms with Crippen molar-refractivity contribution in [1.82, 2.24) is 10.3 Å². The number of aryl methyl sites for hydroxylation is 1. The second-order valence-corrected chi connectivity index (χ2v) is 5.80. The van der Waals surface area contributed by atoms with E-state index in [2.05, 4.69) is 45.3 Å². The Hall–Kier alpha value is -0.780. The van der Waals surface area contributed by atoms with Gasteiger partial charge in [-0.3, -0.25) is 0 Å². The molecule has 0 fully saturated rings. The third-order valence-electron chi connectivity index (χ3n) is 2.38. The van der Waals surface area contributed by atoms with Crippen LogP contribution in [0.3, 0.4) is 0 Å². The Morgan fingerprint density at radius 3 is 2.94 bits per heavy atom. The monoisotopic (exact) mass is 326 g/mol. The van der Waals surface area contributed by atoms with Gasteiger partial charge >= 0.3 is 0 Å². The Morgan fingerprint density at radius 1 is 1.44 bits per heavy atom. The number of rotatable bonds is 5. The van der Waals surface area contributed by atoms with Gasteiger partial charge in [-0.2, -0.15) is 0 Å². The van der Waals surface area contributed by atoms with E-state index in [9.17, 15) is 0 Å². The minimum Gasteiger partial charge on any atom is -0.439 e. The zero-order chi connectivity index (χ0) is 13.0. The predicted octanol–water partition coefficient (Wildman–Crippen LogP) is 4.01. The standard InChI is InChI=1S/C13H15BrN2OS/c1-3-15-7-10-6-11(14)4-5-12(10)18-13-16-9(2)8-17-13/h4-6,8,15H,3,7H2,1-2H3. The van der Waals surface area contributed by atoms with Gasteiger partial charge in [0.1, 0.15) is 6.26 Å². The van der Waals surface area contributed by atoms with Crippen LogP contribution in [0.15, 0.2) is 43.5 Å². The van der Waals surface area contributed by atoms with Crippen LogP contribution in [0.4, 0.5) is 0 Å². The van der Waals surface area contributed by atoms with Crippen molar-refractivity contribution in [1.29, 1.82) is 0 Å². The van der Waals surface area contributed by atoms with E-state index in [1.807, 2.05) is 13.0 Å². The van der Waals surface area contributed by atoms with Crippen LogP contribution in [0.1, 0.15) is 18.2 Å². The van der Waals surface area contributed by atoms with E-state index in [-0.39, 0.29) is 0 Å². The molecule has 0 aliphatic heterocycles. The molecular formula is C13H15BrN2OS. The van der Waals surface area contributed by atoms with Crippen LogP contribution in [0.2, 0.25) is 0 Å². The van der Waals surface area contributed by atoms with Crippen LogP contribution in [0.25, 0.3) is 0 Å². The summed E-state index contributed by atoms with van der Waals surface area (Å²) in [5.41, 5.74) is 2.15. The molecule has 1 aromatic heterocycles. The summed E-state index contributed by atoms with van der Waals surface area (Å²) in [4.78, 5) is 5.48. The highest BCUT2D eigenvalue weighted by atomic mass is 79.9. The average molecular weight is 327 g/mol. The summed E-state index contributed by atoms with van der Waals surface area (Å²) in [5.74, 6) is 0. The molecule has 0 amide bonds. The number of benzene rings is 1. The maximum atomic E-state index is 5.38. The zero-order valence-electron chi connectivity index (χ0n) is 10.4. The number of hydrogen-bond acceptors (Lipinski definition) is 4. The number of halogens is 1. The lowest BCUT2D eigenvalue weighted by Crippen LogP contribution is -2.12. The molecule has 0 bridgehead atoms. The van der Waals surface area contributed by atoms with Crippen LogP contribution in [0, 0.1) is 6.92 Å². The van der Waals surface area contributed by atoms with E-state index < -0.39 is 0 Å². The quantitative estimate of drug-likeness (QED) is 0.901. The smallest absolute Gasteiger partial charge is 0.260 e. The van der Waals surface area contributed by atoms with Crippen LogP contribution in [-0.4, -0.2) is 11.5 Å². The summed E-state index contributed by atoms with van der Waals surface area (Å²) in [6.45, 7) is 5.82. The van der Waals surface area contributed by atoms with Gasteiger partial charge in [0.2, 0.25) is 0 Å². The van der Waals surface area contributed by atoms with E-state index in [0.29, 0.717) is 5.22 Å². The molecule has 0 spiro atoms. The fourth-order valence-corrected chi connectivity index (χ4v) is 2.80. The molecule has 96 valence electrons. The van der Waals surface area contributed by atoms with Crippen molar-refractivity contribution in [2.24, 2.45) is 0 Å². The van der Waals surface area contributed by atoms with Gasteiger partial charge in [-0.05, 0) is 49.0 Å². The third-order valence-corrected chi connectivity index (χ3v) is 3.86. The van der Waals surface area contributed by atoms with Gasteiger partial charge in [-0.25, -0.2) is 4.98 Å². The van der Waals surface area contributed by atoms with E-state index in [4.69, 9.17) is 4.42 Å². The first-order valence-corrected chi connectivity index (χ1v) is 7.39. The summed E-state index contributed by atoms with van der Waals surface area (Å²) < 4.78 is 6.46. The molecule has 5 heteroatoms. The van der Waals surface area contributed by atoms with Crippen molar-refractivity contribution in [2.75, 3.05) is 6.54 Å². The molecule has 2 aromatic rings. The predicted molar refractivity (Wildman–Crippen MR) is 76.9 cm³/mol. The normalized spacial score (nSPS) is 10.8. The van der Waals surface area contributed by atoms with E-state index in [0.717, 1.165) is 23.3 Å². The van der Waals surface area contributed by atoms with Crippen molar-refractivity contribution in [3.63, 3.8) is 0 Å². The SMILES string of the molecule is CCNCc1cc(Br)ccc1Sc1nc(C)co1. The van der Waals surface area contributed by atoms with Gasteiger partial charge in [0, 0.05) is 15.9 Å². The minimum absolute atomic E-state index is 0.688. The fourth-order valence-electron chi connectivity index (χ4n) is 1.52. The van der Waals surface area contributed by atoms with Gasteiger partial charge < -0.3 is 9.73 Å². The Morgan fingerprint density at radius 2 is 2.28 bits per heavy atom. The van der Waals surface area contributed by atoms with Gasteiger partial charge in [-0.1, -0.05) is 22.9 Å². The van der Waals surface area contributed by atoms with Crippen LogP contribution >= 0.6 is 27.7 Å². The summed E-state index contributed by atoms with van der Waals surface area (Å²) in [6, 6.07) is 6.25. The molecule has 0 saturated heterocycles. The first-order valence-electron chi connectivity index (χ1n) is 5.78. The Kier molecular flexibility index (Phi) is 4.86. The van der Waals surface area contributed by atoms with E-state index in [1.54, 1.807) is 18.0 Å². The molecule has 0 atom stereocenters. The van der Waals surface area contributed by atoms with Crippen molar-refractivity contribution in [2.45, 2.75) is 30.5 Å². The van der Waals surface area contributed by atoms with Crippen molar-refractivity contribution < 1.29 is 4.42 Å². The highest BCUT2D eigenvalue weighted by Gasteiger charge is 2.08. The van der Waals surface area contributed by atoms with Crippen LogP contribution < -0.4 is 5.32 Å². The molecule has 0 aliphatic carbocycles. The van der Waals surface area contributed by atoms with Crippen molar-refractivity contribution in [3.8, 4) is 0 Å². The third kappa shape index (κ3) is 3.60. The molecule has 0 unspecified atom stereocenters. The summed E-state index contributed by atoms with van der Waals surface area (Å²) in [5, 5.41) is 4.03. The van der Waals surface area contributed by atoms with E-state index >= 15 is 0 Å². The molecule has 0 saturated carbocycles. The lowest BCUT2D eigenvalue weighted by atomic mass is 10.2. The Labute approximate surface area is 120 Å².